The Morgan fingerprint density at radius 1 is 0.308 bits per heavy atom. The van der Waals surface area contributed by atoms with Crippen LogP contribution < -0.4 is 0 Å². The SMILES string of the molecule is [Ga+3].[Ga+3].[Mg+2].[Mg+2].[O-2].[O-2].[O-2].[O-2].[O-2].[O-2].[O-2].[Sr+2].[Sr+2]. The molecular weight excluding hydrogens is 475 g/mol. The number of rotatable bonds is 0. The van der Waals surface area contributed by atoms with E-state index in [1.807, 2.05) is 0 Å². The standard InChI is InChI=1S/2Ga.2Mg.7O.2Sr/q2*+3;2*+2;7*-2;2*+2. The van der Waals surface area contributed by atoms with E-state index in [1.54, 1.807) is 0 Å². The molecule has 0 saturated heterocycles. The van der Waals surface area contributed by atoms with Gasteiger partial charge in [-0.3, -0.25) is 0 Å². The molecule has 0 saturated carbocycles. The van der Waals surface area contributed by atoms with Crippen LogP contribution in [0.1, 0.15) is 0 Å². The van der Waals surface area contributed by atoms with Crippen molar-refractivity contribution in [2.75, 3.05) is 0 Å². The predicted molar refractivity (Wildman–Crippen MR) is 39.3 cm³/mol. The van der Waals surface area contributed by atoms with E-state index in [4.69, 9.17) is 0 Å². The third-order valence-corrected chi connectivity index (χ3v) is 0. The molecule has 0 rings (SSSR count). The summed E-state index contributed by atoms with van der Waals surface area (Å²) in [5, 5.41) is 0. The topological polar surface area (TPSA) is 200 Å². The fourth-order valence-electron chi connectivity index (χ4n) is 0. The van der Waals surface area contributed by atoms with Crippen LogP contribution in [0.2, 0.25) is 0 Å². The molecule has 0 atom stereocenters. The van der Waals surface area contributed by atoms with E-state index in [9.17, 15) is 0 Å². The van der Waals surface area contributed by atoms with Gasteiger partial charge in [-0.1, -0.05) is 0 Å². The molecule has 0 heterocycles. The van der Waals surface area contributed by atoms with Crippen LogP contribution in [0.15, 0.2) is 0 Å². The maximum Gasteiger partial charge on any atom is 3.00 e. The molecule has 0 N–H and O–H groups in total. The molecule has 0 fully saturated rings. The normalized spacial score (nSPS) is 0. The van der Waals surface area contributed by atoms with E-state index in [0.29, 0.717) is 0 Å². The maximum absolute atomic E-state index is 0. The van der Waals surface area contributed by atoms with Crippen LogP contribution in [0, 0.1) is 0 Å². The number of hydrogen-bond acceptors (Lipinski definition) is 0. The van der Waals surface area contributed by atoms with Crippen LogP contribution in [0.3, 0.4) is 0 Å². The zero-order chi connectivity index (χ0) is 0. The molecule has 0 bridgehead atoms. The molecule has 0 aromatic heterocycles. The van der Waals surface area contributed by atoms with Crippen LogP contribution in [0.5, 0.6) is 0 Å². The fourth-order valence-corrected chi connectivity index (χ4v) is 0. The molecule has 13 heavy (non-hydrogen) atoms. The van der Waals surface area contributed by atoms with Crippen molar-refractivity contribution in [1.82, 2.24) is 0 Å². The van der Waals surface area contributed by atoms with Gasteiger partial charge in [-0.25, -0.2) is 0 Å². The summed E-state index contributed by atoms with van der Waals surface area (Å²) in [4.78, 5) is 0. The second-order valence-corrected chi connectivity index (χ2v) is 0. The molecule has 0 aliphatic rings. The molecule has 0 spiro atoms. The summed E-state index contributed by atoms with van der Waals surface area (Å²) in [6.07, 6.45) is 0. The van der Waals surface area contributed by atoms with Crippen molar-refractivity contribution in [2.45, 2.75) is 0 Å². The molecule has 0 unspecified atom stereocenters. The molecule has 7 nitrogen and oxygen atoms in total. The Morgan fingerprint density at radius 3 is 0.308 bits per heavy atom. The van der Waals surface area contributed by atoms with Crippen LogP contribution >= 0.6 is 0 Å². The first-order valence-corrected chi connectivity index (χ1v) is 0. The van der Waals surface area contributed by atoms with Crippen LogP contribution in [-0.2, 0) is 38.3 Å². The first-order valence-electron chi connectivity index (χ1n) is 0. The first kappa shape index (κ1) is 188. The van der Waals surface area contributed by atoms with Gasteiger partial charge in [-0.15, -0.1) is 0 Å². The van der Waals surface area contributed by atoms with Crippen LogP contribution in [0.4, 0.5) is 0 Å². The van der Waals surface area contributed by atoms with Crippen molar-refractivity contribution < 1.29 is 38.3 Å². The van der Waals surface area contributed by atoms with E-state index in [0.717, 1.165) is 0 Å². The zero-order valence-corrected chi connectivity index (χ0v) is 21.5. The van der Waals surface area contributed by atoms with Gasteiger partial charge in [0.05, 0.1) is 0 Å². The van der Waals surface area contributed by atoms with E-state index in [1.165, 1.54) is 0 Å². The quantitative estimate of drug-likeness (QED) is 0.320. The molecule has 0 amide bonds. The van der Waals surface area contributed by atoms with Gasteiger partial charge >= 0.3 is 177 Å². The van der Waals surface area contributed by atoms with Crippen LogP contribution in [0.25, 0.3) is 0 Å². The smallest absolute Gasteiger partial charge is 2.00 e. The fraction of sp³-hybridized carbons (Fsp3) is 0. The van der Waals surface area contributed by atoms with Gasteiger partial charge in [-0.05, 0) is 0 Å². The molecule has 0 aromatic rings. The molecule has 56 valence electrons. The minimum Gasteiger partial charge on any atom is -2.00 e. The van der Waals surface area contributed by atoms with E-state index < -0.39 is 0 Å². The average molecular weight is 475 g/mol. The van der Waals surface area contributed by atoms with Gasteiger partial charge in [0.25, 0.3) is 0 Å². The summed E-state index contributed by atoms with van der Waals surface area (Å²) >= 11 is 0. The van der Waals surface area contributed by atoms with Gasteiger partial charge in [0.15, 0.2) is 0 Å². The Bertz CT molecular complexity index is 22.5. The molecule has 0 radical (unpaired) electrons. The molecule has 13 heteroatoms. The minimum atomic E-state index is 0. The molecule has 0 aliphatic heterocycles. The monoisotopic (exact) mass is 474 g/mol. The van der Waals surface area contributed by atoms with Crippen molar-refractivity contribution in [3.63, 3.8) is 0 Å². The minimum absolute atomic E-state index is 0. The van der Waals surface area contributed by atoms with E-state index >= 15 is 0 Å². The Hall–Kier alpha value is 5.49. The third-order valence-electron chi connectivity index (χ3n) is 0. The van der Waals surface area contributed by atoms with Gasteiger partial charge in [0, 0.05) is 0 Å². The number of hydrogen-bond donors (Lipinski definition) is 0. The van der Waals surface area contributed by atoms with Crippen molar-refractivity contribution in [2.24, 2.45) is 0 Å². The van der Waals surface area contributed by atoms with Crippen molar-refractivity contribution >= 4 is 177 Å². The van der Waals surface area contributed by atoms with E-state index in [-0.39, 0.29) is 215 Å². The Balaban J connectivity index is 0. The van der Waals surface area contributed by atoms with Crippen molar-refractivity contribution in [3.05, 3.63) is 0 Å². The second kappa shape index (κ2) is 158. The summed E-state index contributed by atoms with van der Waals surface area (Å²) in [6.45, 7) is 0. The second-order valence-electron chi connectivity index (χ2n) is 0. The van der Waals surface area contributed by atoms with Gasteiger partial charge in [-0.2, -0.15) is 0 Å². The molecule has 0 aromatic carbocycles. The summed E-state index contributed by atoms with van der Waals surface area (Å²) < 4.78 is 0. The largest absolute Gasteiger partial charge is 3.00 e. The van der Waals surface area contributed by atoms with Crippen LogP contribution in [-0.4, -0.2) is 177 Å². The average Bonchev–Trinajstić information content (AvgIpc) is 0. The van der Waals surface area contributed by atoms with Gasteiger partial charge < -0.3 is 38.3 Å². The van der Waals surface area contributed by atoms with E-state index in [2.05, 4.69) is 0 Å². The maximum atomic E-state index is 0. The first-order chi connectivity index (χ1) is 0. The Kier molecular flexibility index (Phi) is 2280. The Labute approximate surface area is 209 Å². The van der Waals surface area contributed by atoms with Crippen molar-refractivity contribution in [1.29, 1.82) is 0 Å². The van der Waals surface area contributed by atoms with Crippen molar-refractivity contribution in [3.8, 4) is 0 Å². The van der Waals surface area contributed by atoms with Gasteiger partial charge in [0.1, 0.15) is 0 Å². The molecular formula is Ga2Mg2O7Sr2. The third kappa shape index (κ3) is 139. The predicted octanol–water partition coefficient (Wildman–Crippen LogP) is -3.12. The summed E-state index contributed by atoms with van der Waals surface area (Å²) in [5.74, 6) is 0. The zero-order valence-electron chi connectivity index (χ0n) is 6.84. The Morgan fingerprint density at radius 2 is 0.308 bits per heavy atom. The molecule has 0 aliphatic carbocycles. The summed E-state index contributed by atoms with van der Waals surface area (Å²) in [7, 11) is 0. The summed E-state index contributed by atoms with van der Waals surface area (Å²) in [6, 6.07) is 0. The van der Waals surface area contributed by atoms with Gasteiger partial charge in [0.2, 0.25) is 0 Å². The summed E-state index contributed by atoms with van der Waals surface area (Å²) in [5.41, 5.74) is 0.